The lowest BCUT2D eigenvalue weighted by molar-refractivity contribution is 0.122. The van der Waals surface area contributed by atoms with Gasteiger partial charge in [-0.2, -0.15) is 5.10 Å². The fourth-order valence-corrected chi connectivity index (χ4v) is 3.78. The van der Waals surface area contributed by atoms with Crippen molar-refractivity contribution in [1.29, 1.82) is 0 Å². The van der Waals surface area contributed by atoms with Crippen molar-refractivity contribution in [3.63, 3.8) is 0 Å². The van der Waals surface area contributed by atoms with Crippen molar-refractivity contribution in [3.8, 4) is 11.3 Å². The number of morpholine rings is 1. The highest BCUT2D eigenvalue weighted by atomic mass is 16.5. The molecule has 5 heterocycles. The summed E-state index contributed by atoms with van der Waals surface area (Å²) >= 11 is 0. The van der Waals surface area contributed by atoms with Gasteiger partial charge < -0.3 is 14.5 Å². The number of rotatable bonds is 3. The summed E-state index contributed by atoms with van der Waals surface area (Å²) < 4.78 is 5.44. The number of nitrogens with one attached hydrogen (secondary N) is 1. The summed E-state index contributed by atoms with van der Waals surface area (Å²) in [6, 6.07) is 6.31. The molecule has 7 nitrogen and oxygen atoms in total. The first-order valence-electron chi connectivity index (χ1n) is 9.27. The van der Waals surface area contributed by atoms with Gasteiger partial charge in [0.1, 0.15) is 17.3 Å². The van der Waals surface area contributed by atoms with Gasteiger partial charge in [-0.15, -0.1) is 0 Å². The smallest absolute Gasteiger partial charge is 0.129 e. The van der Waals surface area contributed by atoms with Crippen LogP contribution in [0.5, 0.6) is 0 Å². The summed E-state index contributed by atoms with van der Waals surface area (Å²) in [6.45, 7) is 5.43. The SMILES string of the molecule is c1cc(-c2n[nH]c3cnc(N4CCCC4)cc23)cc(N2CCOCC2)n1. The number of aromatic amines is 1. The minimum Gasteiger partial charge on any atom is -0.378 e. The molecule has 2 aliphatic heterocycles. The van der Waals surface area contributed by atoms with Gasteiger partial charge in [-0.3, -0.25) is 5.10 Å². The fourth-order valence-electron chi connectivity index (χ4n) is 3.78. The number of aromatic nitrogens is 4. The molecule has 0 spiro atoms. The molecule has 2 saturated heterocycles. The van der Waals surface area contributed by atoms with E-state index in [2.05, 4.69) is 42.1 Å². The number of ether oxygens (including phenoxy) is 1. The van der Waals surface area contributed by atoms with Crippen molar-refractivity contribution in [1.82, 2.24) is 20.2 Å². The Bertz CT molecular complexity index is 911. The fraction of sp³-hybridized carbons (Fsp3) is 0.421. The lowest BCUT2D eigenvalue weighted by Crippen LogP contribution is -2.36. The Labute approximate surface area is 152 Å². The van der Waals surface area contributed by atoms with E-state index in [1.165, 1.54) is 12.8 Å². The second-order valence-electron chi connectivity index (χ2n) is 6.86. The molecule has 3 aromatic rings. The van der Waals surface area contributed by atoms with Crippen molar-refractivity contribution in [2.75, 3.05) is 49.2 Å². The molecule has 7 heteroatoms. The number of anilines is 2. The summed E-state index contributed by atoms with van der Waals surface area (Å²) in [5.74, 6) is 2.02. The average molecular weight is 350 g/mol. The molecule has 0 amide bonds. The lowest BCUT2D eigenvalue weighted by Gasteiger charge is -2.27. The normalized spacial score (nSPS) is 18.0. The number of nitrogens with zero attached hydrogens (tertiary/aromatic N) is 5. The second-order valence-corrected chi connectivity index (χ2v) is 6.86. The third-order valence-electron chi connectivity index (χ3n) is 5.22. The van der Waals surface area contributed by atoms with Crippen LogP contribution in [0.1, 0.15) is 12.8 Å². The van der Waals surface area contributed by atoms with Gasteiger partial charge in [-0.1, -0.05) is 0 Å². The molecule has 0 saturated carbocycles. The first-order chi connectivity index (χ1) is 12.9. The van der Waals surface area contributed by atoms with Gasteiger partial charge in [0.2, 0.25) is 0 Å². The Hall–Kier alpha value is -2.67. The maximum Gasteiger partial charge on any atom is 0.129 e. The minimum absolute atomic E-state index is 0.752. The lowest BCUT2D eigenvalue weighted by atomic mass is 10.1. The molecule has 0 aromatic carbocycles. The van der Waals surface area contributed by atoms with Crippen LogP contribution in [-0.2, 0) is 4.74 Å². The van der Waals surface area contributed by atoms with Crippen molar-refractivity contribution in [3.05, 3.63) is 30.6 Å². The molecule has 134 valence electrons. The molecule has 5 rings (SSSR count). The Balaban J connectivity index is 1.53. The van der Waals surface area contributed by atoms with Gasteiger partial charge in [-0.25, -0.2) is 9.97 Å². The van der Waals surface area contributed by atoms with E-state index >= 15 is 0 Å². The van der Waals surface area contributed by atoms with Crippen LogP contribution >= 0.6 is 0 Å². The summed E-state index contributed by atoms with van der Waals surface area (Å²) in [5.41, 5.74) is 3.00. The Morgan fingerprint density at radius 1 is 0.923 bits per heavy atom. The predicted molar refractivity (Wildman–Crippen MR) is 102 cm³/mol. The average Bonchev–Trinajstić information content (AvgIpc) is 3.38. The van der Waals surface area contributed by atoms with Crippen molar-refractivity contribution < 1.29 is 4.74 Å². The topological polar surface area (TPSA) is 70.2 Å². The standard InChI is InChI=1S/C19H22N6O/c1-2-6-24(5-1)18-12-15-16(13-21-18)22-23-19(15)14-3-4-20-17(11-14)25-7-9-26-10-8-25/h3-4,11-13H,1-2,5-10H2,(H,22,23). The molecule has 1 N–H and O–H groups in total. The third kappa shape index (κ3) is 2.78. The molecule has 0 bridgehead atoms. The van der Waals surface area contributed by atoms with E-state index in [4.69, 9.17) is 4.74 Å². The zero-order valence-electron chi connectivity index (χ0n) is 14.7. The summed E-state index contributed by atoms with van der Waals surface area (Å²) in [7, 11) is 0. The quantitative estimate of drug-likeness (QED) is 0.782. The van der Waals surface area contributed by atoms with Crippen LogP contribution in [0, 0.1) is 0 Å². The van der Waals surface area contributed by atoms with Gasteiger partial charge in [-0.05, 0) is 31.0 Å². The van der Waals surface area contributed by atoms with Crippen molar-refractivity contribution in [2.45, 2.75) is 12.8 Å². The summed E-state index contributed by atoms with van der Waals surface area (Å²) in [5, 5.41) is 8.80. The minimum atomic E-state index is 0.752. The predicted octanol–water partition coefficient (Wildman–Crippen LogP) is 2.46. The maximum atomic E-state index is 5.44. The van der Waals surface area contributed by atoms with Crippen LogP contribution in [0.15, 0.2) is 30.6 Å². The van der Waals surface area contributed by atoms with E-state index in [0.717, 1.165) is 73.2 Å². The number of H-pyrrole nitrogens is 1. The number of hydrogen-bond donors (Lipinski definition) is 1. The Morgan fingerprint density at radius 3 is 2.54 bits per heavy atom. The molecule has 0 atom stereocenters. The molecular weight excluding hydrogens is 328 g/mol. The van der Waals surface area contributed by atoms with Crippen LogP contribution < -0.4 is 9.80 Å². The monoisotopic (exact) mass is 350 g/mol. The number of pyridine rings is 2. The van der Waals surface area contributed by atoms with Crippen molar-refractivity contribution in [2.24, 2.45) is 0 Å². The third-order valence-corrected chi connectivity index (χ3v) is 5.22. The van der Waals surface area contributed by atoms with E-state index in [1.807, 2.05) is 18.5 Å². The molecule has 0 aliphatic carbocycles. The van der Waals surface area contributed by atoms with Gasteiger partial charge in [0.25, 0.3) is 0 Å². The Kier molecular flexibility index (Phi) is 3.93. The van der Waals surface area contributed by atoms with Crippen LogP contribution in [0.2, 0.25) is 0 Å². The van der Waals surface area contributed by atoms with Gasteiger partial charge in [0.05, 0.1) is 24.9 Å². The van der Waals surface area contributed by atoms with E-state index in [-0.39, 0.29) is 0 Å². The highest BCUT2D eigenvalue weighted by Gasteiger charge is 2.18. The molecule has 3 aromatic heterocycles. The molecule has 0 unspecified atom stereocenters. The number of fused-ring (bicyclic) bond motifs is 1. The zero-order valence-corrected chi connectivity index (χ0v) is 14.7. The molecule has 2 fully saturated rings. The Morgan fingerprint density at radius 2 is 1.69 bits per heavy atom. The zero-order chi connectivity index (χ0) is 17.3. The first-order valence-corrected chi connectivity index (χ1v) is 9.27. The van der Waals surface area contributed by atoms with E-state index < -0.39 is 0 Å². The largest absolute Gasteiger partial charge is 0.378 e. The number of hydrogen-bond acceptors (Lipinski definition) is 6. The van der Waals surface area contributed by atoms with E-state index in [0.29, 0.717) is 0 Å². The molecule has 2 aliphatic rings. The summed E-state index contributed by atoms with van der Waals surface area (Å²) in [6.07, 6.45) is 6.24. The van der Waals surface area contributed by atoms with Crippen LogP contribution in [0.3, 0.4) is 0 Å². The summed E-state index contributed by atoms with van der Waals surface area (Å²) in [4.78, 5) is 13.8. The van der Waals surface area contributed by atoms with Crippen LogP contribution in [0.25, 0.3) is 22.2 Å². The van der Waals surface area contributed by atoms with Gasteiger partial charge in [0.15, 0.2) is 0 Å². The van der Waals surface area contributed by atoms with Gasteiger partial charge >= 0.3 is 0 Å². The molecular formula is C19H22N6O. The second kappa shape index (κ2) is 6.57. The maximum absolute atomic E-state index is 5.44. The van der Waals surface area contributed by atoms with Crippen LogP contribution in [0.4, 0.5) is 11.6 Å². The van der Waals surface area contributed by atoms with E-state index in [9.17, 15) is 0 Å². The van der Waals surface area contributed by atoms with Crippen molar-refractivity contribution >= 4 is 22.5 Å². The molecule has 26 heavy (non-hydrogen) atoms. The highest BCUT2D eigenvalue weighted by Crippen LogP contribution is 2.30. The highest BCUT2D eigenvalue weighted by molar-refractivity contribution is 5.94. The van der Waals surface area contributed by atoms with Crippen LogP contribution in [-0.4, -0.2) is 59.6 Å². The van der Waals surface area contributed by atoms with E-state index in [1.54, 1.807) is 0 Å². The molecule has 0 radical (unpaired) electrons. The van der Waals surface area contributed by atoms with Gasteiger partial charge in [0, 0.05) is 43.3 Å². The first kappa shape index (κ1) is 15.6.